The lowest BCUT2D eigenvalue weighted by Gasteiger charge is -2.23. The molecule has 0 aliphatic carbocycles. The van der Waals surface area contributed by atoms with Gasteiger partial charge in [-0.05, 0) is 12.5 Å². The Kier molecular flexibility index (Phi) is 7.22. The minimum Gasteiger partial charge on any atom is -0.383 e. The molecule has 0 bridgehead atoms. The van der Waals surface area contributed by atoms with Crippen molar-refractivity contribution in [1.82, 2.24) is 20.0 Å². The van der Waals surface area contributed by atoms with Gasteiger partial charge in [0.05, 0.1) is 18.8 Å². The molecular formula is C19H26N4O2. The molecule has 2 rings (SSSR count). The number of amides is 2. The number of methoxy groups -OCH3 is 1. The van der Waals surface area contributed by atoms with E-state index in [0.29, 0.717) is 19.7 Å². The second kappa shape index (κ2) is 9.64. The number of nitrogens with one attached hydrogen (secondary N) is 1. The van der Waals surface area contributed by atoms with Gasteiger partial charge in [0, 0.05) is 39.0 Å². The van der Waals surface area contributed by atoms with E-state index in [1.165, 1.54) is 0 Å². The number of rotatable bonds is 8. The molecule has 1 aromatic heterocycles. The quantitative estimate of drug-likeness (QED) is 0.802. The Morgan fingerprint density at radius 1 is 1.40 bits per heavy atom. The normalized spacial score (nSPS) is 12.3. The molecule has 0 saturated heterocycles. The van der Waals surface area contributed by atoms with Gasteiger partial charge in [-0.1, -0.05) is 42.5 Å². The smallest absolute Gasteiger partial charge is 0.318 e. The highest BCUT2D eigenvalue weighted by atomic mass is 16.5. The third-order valence-corrected chi connectivity index (χ3v) is 3.85. The first-order chi connectivity index (χ1) is 12.1. The van der Waals surface area contributed by atoms with Crippen molar-refractivity contribution in [3.63, 3.8) is 0 Å². The fraction of sp³-hybridized carbons (Fsp3) is 0.368. The van der Waals surface area contributed by atoms with Gasteiger partial charge >= 0.3 is 6.03 Å². The summed E-state index contributed by atoms with van der Waals surface area (Å²) in [5, 5.41) is 7.15. The van der Waals surface area contributed by atoms with Gasteiger partial charge in [0.1, 0.15) is 0 Å². The number of ether oxygens (including phenoxy) is 1. The largest absolute Gasteiger partial charge is 0.383 e. The molecule has 2 amide bonds. The van der Waals surface area contributed by atoms with Crippen LogP contribution in [-0.2, 0) is 11.8 Å². The van der Waals surface area contributed by atoms with E-state index in [4.69, 9.17) is 4.74 Å². The van der Waals surface area contributed by atoms with Gasteiger partial charge in [0.2, 0.25) is 0 Å². The maximum Gasteiger partial charge on any atom is 0.318 e. The molecule has 0 fully saturated rings. The average Bonchev–Trinajstić information content (AvgIpc) is 3.05. The Bertz CT molecular complexity index is 682. The van der Waals surface area contributed by atoms with Crippen LogP contribution in [0.15, 0.2) is 48.8 Å². The van der Waals surface area contributed by atoms with Gasteiger partial charge in [0.25, 0.3) is 0 Å². The van der Waals surface area contributed by atoms with Crippen LogP contribution in [0.5, 0.6) is 0 Å². The molecule has 0 unspecified atom stereocenters. The first kappa shape index (κ1) is 18.7. The molecule has 0 radical (unpaired) electrons. The van der Waals surface area contributed by atoms with Crippen molar-refractivity contribution in [3.8, 4) is 0 Å². The van der Waals surface area contributed by atoms with Crippen LogP contribution in [0.25, 0.3) is 6.08 Å². The highest BCUT2D eigenvalue weighted by molar-refractivity contribution is 5.75. The number of nitrogens with zero attached hydrogens (tertiary/aromatic N) is 3. The van der Waals surface area contributed by atoms with Crippen molar-refractivity contribution in [2.24, 2.45) is 7.05 Å². The molecule has 0 saturated carbocycles. The average molecular weight is 342 g/mol. The van der Waals surface area contributed by atoms with Gasteiger partial charge < -0.3 is 15.0 Å². The summed E-state index contributed by atoms with van der Waals surface area (Å²) in [7, 11) is 3.49. The van der Waals surface area contributed by atoms with Crippen LogP contribution >= 0.6 is 0 Å². The maximum atomic E-state index is 12.6. The first-order valence-electron chi connectivity index (χ1n) is 8.34. The standard InChI is InChI=1S/C19H26N4O2/c1-16(18-14-20-22(2)15-18)21-19(24)23(12-13-25-3)11-7-10-17-8-5-4-6-9-17/h4-10,14-16H,11-13H2,1-3H3,(H,21,24)/b10-7+/t16-/m1/s1. The monoisotopic (exact) mass is 342 g/mol. The zero-order valence-corrected chi connectivity index (χ0v) is 15.1. The van der Waals surface area contributed by atoms with Gasteiger partial charge in [-0.15, -0.1) is 0 Å². The molecule has 1 N–H and O–H groups in total. The molecule has 0 aliphatic rings. The summed E-state index contributed by atoms with van der Waals surface area (Å²) in [5.74, 6) is 0. The second-order valence-corrected chi connectivity index (χ2v) is 5.87. The molecule has 1 aromatic carbocycles. The summed E-state index contributed by atoms with van der Waals surface area (Å²) in [6, 6.07) is 9.79. The second-order valence-electron chi connectivity index (χ2n) is 5.87. The molecule has 0 spiro atoms. The van der Waals surface area contributed by atoms with E-state index in [-0.39, 0.29) is 12.1 Å². The van der Waals surface area contributed by atoms with E-state index in [1.807, 2.05) is 62.7 Å². The Labute approximate surface area is 149 Å². The Morgan fingerprint density at radius 2 is 2.16 bits per heavy atom. The third-order valence-electron chi connectivity index (χ3n) is 3.85. The van der Waals surface area contributed by atoms with E-state index in [9.17, 15) is 4.79 Å². The van der Waals surface area contributed by atoms with Gasteiger partial charge in [-0.25, -0.2) is 4.79 Å². The van der Waals surface area contributed by atoms with Crippen molar-refractivity contribution >= 4 is 12.1 Å². The van der Waals surface area contributed by atoms with Crippen LogP contribution in [-0.4, -0.2) is 47.5 Å². The van der Waals surface area contributed by atoms with Crippen molar-refractivity contribution in [2.45, 2.75) is 13.0 Å². The molecule has 25 heavy (non-hydrogen) atoms. The van der Waals surface area contributed by atoms with E-state index in [1.54, 1.807) is 22.9 Å². The highest BCUT2D eigenvalue weighted by Crippen LogP contribution is 2.11. The Balaban J connectivity index is 1.95. The van der Waals surface area contributed by atoms with Crippen molar-refractivity contribution in [1.29, 1.82) is 0 Å². The Morgan fingerprint density at radius 3 is 2.80 bits per heavy atom. The lowest BCUT2D eigenvalue weighted by atomic mass is 10.2. The molecule has 6 heteroatoms. The fourth-order valence-electron chi connectivity index (χ4n) is 2.38. The van der Waals surface area contributed by atoms with Crippen LogP contribution in [0.2, 0.25) is 0 Å². The van der Waals surface area contributed by atoms with Crippen LogP contribution < -0.4 is 5.32 Å². The summed E-state index contributed by atoms with van der Waals surface area (Å²) < 4.78 is 6.85. The number of carbonyl (C=O) groups excluding carboxylic acids is 1. The number of carbonyl (C=O) groups is 1. The summed E-state index contributed by atoms with van der Waals surface area (Å²) >= 11 is 0. The predicted octanol–water partition coefficient (Wildman–Crippen LogP) is 2.85. The lowest BCUT2D eigenvalue weighted by Crippen LogP contribution is -2.42. The summed E-state index contributed by atoms with van der Waals surface area (Å²) in [6.07, 6.45) is 7.66. The molecule has 2 aromatic rings. The highest BCUT2D eigenvalue weighted by Gasteiger charge is 2.16. The number of urea groups is 1. The lowest BCUT2D eigenvalue weighted by molar-refractivity contribution is 0.153. The van der Waals surface area contributed by atoms with Gasteiger partial charge in [-0.2, -0.15) is 5.10 Å². The number of hydrogen-bond acceptors (Lipinski definition) is 3. The summed E-state index contributed by atoms with van der Waals surface area (Å²) in [4.78, 5) is 14.3. The SMILES string of the molecule is COCCN(C/C=C/c1ccccc1)C(=O)N[C@H](C)c1cnn(C)c1. The van der Waals surface area contributed by atoms with E-state index in [0.717, 1.165) is 11.1 Å². The number of aryl methyl sites for hydroxylation is 1. The van der Waals surface area contributed by atoms with Crippen LogP contribution in [0.1, 0.15) is 24.1 Å². The number of benzene rings is 1. The van der Waals surface area contributed by atoms with Crippen LogP contribution in [0.4, 0.5) is 4.79 Å². The molecule has 0 aliphatic heterocycles. The van der Waals surface area contributed by atoms with Gasteiger partial charge in [0.15, 0.2) is 0 Å². The summed E-state index contributed by atoms with van der Waals surface area (Å²) in [5.41, 5.74) is 2.08. The minimum absolute atomic E-state index is 0.107. The zero-order valence-electron chi connectivity index (χ0n) is 15.1. The minimum atomic E-state index is -0.119. The van der Waals surface area contributed by atoms with E-state index in [2.05, 4.69) is 10.4 Å². The van der Waals surface area contributed by atoms with Crippen LogP contribution in [0, 0.1) is 0 Å². The molecule has 1 atom stereocenters. The van der Waals surface area contributed by atoms with Crippen molar-refractivity contribution in [2.75, 3.05) is 26.8 Å². The van der Waals surface area contributed by atoms with E-state index < -0.39 is 0 Å². The summed E-state index contributed by atoms with van der Waals surface area (Å²) in [6.45, 7) is 3.49. The van der Waals surface area contributed by atoms with E-state index >= 15 is 0 Å². The topological polar surface area (TPSA) is 59.4 Å². The fourth-order valence-corrected chi connectivity index (χ4v) is 2.38. The third kappa shape index (κ3) is 6.08. The zero-order chi connectivity index (χ0) is 18.1. The molecule has 1 heterocycles. The first-order valence-corrected chi connectivity index (χ1v) is 8.34. The van der Waals surface area contributed by atoms with Crippen LogP contribution in [0.3, 0.4) is 0 Å². The van der Waals surface area contributed by atoms with Crippen molar-refractivity contribution in [3.05, 3.63) is 59.9 Å². The van der Waals surface area contributed by atoms with Crippen molar-refractivity contribution < 1.29 is 9.53 Å². The predicted molar refractivity (Wildman–Crippen MR) is 99.1 cm³/mol. The van der Waals surface area contributed by atoms with Gasteiger partial charge in [-0.3, -0.25) is 4.68 Å². The molecule has 134 valence electrons. The Hall–Kier alpha value is -2.60. The number of hydrogen-bond donors (Lipinski definition) is 1. The maximum absolute atomic E-state index is 12.6. The number of aromatic nitrogens is 2. The molecule has 6 nitrogen and oxygen atoms in total. The molecular weight excluding hydrogens is 316 g/mol.